The maximum absolute atomic E-state index is 12.5. The van der Waals surface area contributed by atoms with Crippen LogP contribution >= 0.6 is 10.7 Å². The van der Waals surface area contributed by atoms with E-state index in [0.29, 0.717) is 6.42 Å². The fraction of sp³-hybridized carbons (Fsp3) is 0.111. The standard InChI is InChI=1S/C9H8ClFO2S/c10-14(12,13)7-1-2-8-3-5-9(11)6-4-8/h1,3-7H,2H2/b7-1-. The van der Waals surface area contributed by atoms with Crippen molar-refractivity contribution in [2.45, 2.75) is 6.42 Å². The molecule has 0 aliphatic heterocycles. The molecule has 0 radical (unpaired) electrons. The summed E-state index contributed by atoms with van der Waals surface area (Å²) in [5.74, 6) is -0.317. The van der Waals surface area contributed by atoms with Crippen LogP contribution in [0, 0.1) is 5.82 Å². The number of benzene rings is 1. The van der Waals surface area contributed by atoms with E-state index < -0.39 is 9.05 Å². The van der Waals surface area contributed by atoms with Gasteiger partial charge in [0, 0.05) is 16.1 Å². The average molecular weight is 235 g/mol. The molecule has 5 heteroatoms. The minimum Gasteiger partial charge on any atom is -0.208 e. The molecule has 14 heavy (non-hydrogen) atoms. The van der Waals surface area contributed by atoms with Crippen molar-refractivity contribution >= 4 is 19.7 Å². The van der Waals surface area contributed by atoms with Gasteiger partial charge < -0.3 is 0 Å². The highest BCUT2D eigenvalue weighted by molar-refractivity contribution is 8.16. The van der Waals surface area contributed by atoms with E-state index in [2.05, 4.69) is 0 Å². The monoisotopic (exact) mass is 234 g/mol. The maximum atomic E-state index is 12.5. The van der Waals surface area contributed by atoms with Gasteiger partial charge in [-0.2, -0.15) is 0 Å². The van der Waals surface area contributed by atoms with Crippen LogP contribution in [-0.4, -0.2) is 8.42 Å². The van der Waals surface area contributed by atoms with Crippen molar-refractivity contribution in [3.05, 3.63) is 47.1 Å². The third-order valence-corrected chi connectivity index (χ3v) is 2.35. The molecule has 1 rings (SSSR count). The zero-order chi connectivity index (χ0) is 10.6. The van der Waals surface area contributed by atoms with Crippen LogP contribution in [0.4, 0.5) is 4.39 Å². The largest absolute Gasteiger partial charge is 0.254 e. The van der Waals surface area contributed by atoms with Crippen molar-refractivity contribution < 1.29 is 12.8 Å². The fourth-order valence-corrected chi connectivity index (χ4v) is 1.46. The van der Waals surface area contributed by atoms with Gasteiger partial charge in [-0.25, -0.2) is 12.8 Å². The van der Waals surface area contributed by atoms with Crippen LogP contribution in [0.25, 0.3) is 0 Å². The van der Waals surface area contributed by atoms with Crippen LogP contribution in [0.1, 0.15) is 5.56 Å². The Morgan fingerprint density at radius 1 is 1.29 bits per heavy atom. The van der Waals surface area contributed by atoms with Crippen LogP contribution in [0.5, 0.6) is 0 Å². The first kappa shape index (κ1) is 11.2. The zero-order valence-electron chi connectivity index (χ0n) is 7.15. The number of halogens is 2. The van der Waals surface area contributed by atoms with E-state index in [4.69, 9.17) is 10.7 Å². The Hall–Kier alpha value is -0.870. The summed E-state index contributed by atoms with van der Waals surface area (Å²) in [7, 11) is 1.37. The minimum absolute atomic E-state index is 0.317. The second-order valence-electron chi connectivity index (χ2n) is 2.68. The molecule has 1 aromatic rings. The molecule has 0 unspecified atom stereocenters. The molecule has 0 amide bonds. The van der Waals surface area contributed by atoms with E-state index in [1.165, 1.54) is 18.2 Å². The Kier molecular flexibility index (Phi) is 3.66. The average Bonchev–Trinajstić information content (AvgIpc) is 2.06. The van der Waals surface area contributed by atoms with Crippen LogP contribution in [0.3, 0.4) is 0 Å². The van der Waals surface area contributed by atoms with Crippen molar-refractivity contribution in [3.63, 3.8) is 0 Å². The zero-order valence-corrected chi connectivity index (χ0v) is 8.72. The Morgan fingerprint density at radius 2 is 1.86 bits per heavy atom. The van der Waals surface area contributed by atoms with Crippen molar-refractivity contribution in [3.8, 4) is 0 Å². The second-order valence-corrected chi connectivity index (χ2v) is 5.19. The summed E-state index contributed by atoms with van der Waals surface area (Å²) in [5, 5.41) is 0.915. The molecule has 0 spiro atoms. The van der Waals surface area contributed by atoms with Gasteiger partial charge in [0.25, 0.3) is 9.05 Å². The lowest BCUT2D eigenvalue weighted by Gasteiger charge is -1.94. The molecule has 2 nitrogen and oxygen atoms in total. The van der Waals surface area contributed by atoms with Gasteiger partial charge >= 0.3 is 0 Å². The summed E-state index contributed by atoms with van der Waals surface area (Å²) < 4.78 is 33.5. The fourth-order valence-electron chi connectivity index (χ4n) is 0.920. The van der Waals surface area contributed by atoms with Crippen molar-refractivity contribution in [1.29, 1.82) is 0 Å². The van der Waals surface area contributed by atoms with Crippen molar-refractivity contribution in [2.24, 2.45) is 0 Å². The first-order chi connectivity index (χ1) is 6.47. The number of allylic oxidation sites excluding steroid dienone is 1. The van der Waals surface area contributed by atoms with E-state index in [1.807, 2.05) is 0 Å². The van der Waals surface area contributed by atoms with Crippen LogP contribution < -0.4 is 0 Å². The Morgan fingerprint density at radius 3 is 2.36 bits per heavy atom. The maximum Gasteiger partial charge on any atom is 0.254 e. The van der Waals surface area contributed by atoms with Crippen LogP contribution in [-0.2, 0) is 15.5 Å². The summed E-state index contributed by atoms with van der Waals surface area (Å²) in [6, 6.07) is 5.80. The summed E-state index contributed by atoms with van der Waals surface area (Å²) >= 11 is 0. The number of hydrogen-bond donors (Lipinski definition) is 0. The molecular weight excluding hydrogens is 227 g/mol. The van der Waals surface area contributed by atoms with Crippen molar-refractivity contribution in [2.75, 3.05) is 0 Å². The lowest BCUT2D eigenvalue weighted by molar-refractivity contribution is 0.617. The topological polar surface area (TPSA) is 34.1 Å². The highest BCUT2D eigenvalue weighted by Gasteiger charge is 1.96. The molecule has 0 aliphatic rings. The second kappa shape index (κ2) is 4.57. The molecule has 0 saturated heterocycles. The van der Waals surface area contributed by atoms with E-state index in [-0.39, 0.29) is 5.82 Å². The number of rotatable bonds is 3. The van der Waals surface area contributed by atoms with Crippen LogP contribution in [0.15, 0.2) is 35.7 Å². The van der Waals surface area contributed by atoms with Gasteiger partial charge in [-0.1, -0.05) is 18.2 Å². The molecule has 0 heterocycles. The summed E-state index contributed by atoms with van der Waals surface area (Å²) in [5.41, 5.74) is 0.822. The Balaban J connectivity index is 2.63. The van der Waals surface area contributed by atoms with Gasteiger partial charge in [0.15, 0.2) is 0 Å². The predicted octanol–water partition coefficient (Wildman–Crippen LogP) is 2.45. The summed E-state index contributed by atoms with van der Waals surface area (Å²) in [4.78, 5) is 0. The highest BCUT2D eigenvalue weighted by Crippen LogP contribution is 2.05. The third kappa shape index (κ3) is 4.39. The minimum atomic E-state index is -3.58. The normalized spacial score (nSPS) is 12.1. The molecule has 76 valence electrons. The Bertz CT molecular complexity index is 423. The molecule has 0 N–H and O–H groups in total. The Labute approximate surface area is 86.4 Å². The predicted molar refractivity (Wildman–Crippen MR) is 54.0 cm³/mol. The van der Waals surface area contributed by atoms with Crippen LogP contribution in [0.2, 0.25) is 0 Å². The molecule has 0 aliphatic carbocycles. The number of hydrogen-bond acceptors (Lipinski definition) is 2. The van der Waals surface area contributed by atoms with Gasteiger partial charge in [-0.3, -0.25) is 0 Å². The molecule has 0 atom stereocenters. The molecule has 0 fully saturated rings. The van der Waals surface area contributed by atoms with Gasteiger partial charge in [0.05, 0.1) is 0 Å². The molecular formula is C9H8ClFO2S. The SMILES string of the molecule is O=S(=O)(Cl)/C=C\Cc1ccc(F)cc1. The third-order valence-electron chi connectivity index (χ3n) is 1.53. The lowest BCUT2D eigenvalue weighted by Crippen LogP contribution is -1.84. The van der Waals surface area contributed by atoms with Gasteiger partial charge in [0.2, 0.25) is 0 Å². The smallest absolute Gasteiger partial charge is 0.208 e. The van der Waals surface area contributed by atoms with Gasteiger partial charge in [-0.05, 0) is 24.1 Å². The van der Waals surface area contributed by atoms with Gasteiger partial charge in [-0.15, -0.1) is 0 Å². The van der Waals surface area contributed by atoms with E-state index >= 15 is 0 Å². The first-order valence-corrected chi connectivity index (χ1v) is 6.20. The lowest BCUT2D eigenvalue weighted by atomic mass is 10.1. The van der Waals surface area contributed by atoms with E-state index in [0.717, 1.165) is 11.0 Å². The van der Waals surface area contributed by atoms with Gasteiger partial charge in [0.1, 0.15) is 5.82 Å². The summed E-state index contributed by atoms with van der Waals surface area (Å²) in [6.45, 7) is 0. The van der Waals surface area contributed by atoms with E-state index in [9.17, 15) is 12.8 Å². The first-order valence-electron chi connectivity index (χ1n) is 3.83. The molecule has 0 saturated carbocycles. The molecule has 0 aromatic heterocycles. The summed E-state index contributed by atoms with van der Waals surface area (Å²) in [6.07, 6.45) is 1.82. The quantitative estimate of drug-likeness (QED) is 0.753. The molecule has 0 bridgehead atoms. The van der Waals surface area contributed by atoms with Crippen molar-refractivity contribution in [1.82, 2.24) is 0 Å². The molecule has 1 aromatic carbocycles. The van der Waals surface area contributed by atoms with E-state index in [1.54, 1.807) is 12.1 Å². The highest BCUT2D eigenvalue weighted by atomic mass is 35.7.